The van der Waals surface area contributed by atoms with Gasteiger partial charge >= 0.3 is 0 Å². The van der Waals surface area contributed by atoms with Gasteiger partial charge in [0.2, 0.25) is 5.91 Å². The highest BCUT2D eigenvalue weighted by atomic mass is 16.2. The number of amides is 2. The van der Waals surface area contributed by atoms with Crippen molar-refractivity contribution < 1.29 is 9.59 Å². The van der Waals surface area contributed by atoms with Gasteiger partial charge in [-0.25, -0.2) is 0 Å². The van der Waals surface area contributed by atoms with Crippen LogP contribution in [0, 0.1) is 11.8 Å². The smallest absolute Gasteiger partial charge is 0.252 e. The fourth-order valence-corrected chi connectivity index (χ4v) is 2.63. The van der Waals surface area contributed by atoms with Gasteiger partial charge in [-0.3, -0.25) is 9.59 Å². The van der Waals surface area contributed by atoms with Crippen LogP contribution in [0.4, 0.5) is 5.69 Å². The minimum absolute atomic E-state index is 0.111. The Kier molecular flexibility index (Phi) is 5.31. The van der Waals surface area contributed by atoms with Crippen LogP contribution >= 0.6 is 0 Å². The van der Waals surface area contributed by atoms with Crippen LogP contribution in [0.2, 0.25) is 0 Å². The predicted molar refractivity (Wildman–Crippen MR) is 104 cm³/mol. The number of hydrogen-bond donors (Lipinski definition) is 2. The van der Waals surface area contributed by atoms with Gasteiger partial charge in [-0.2, -0.15) is 0 Å². The SMILES string of the molecule is CC(=O)Nc1ccc(C#CCNC(=O)c2cccc3ccccc23)cc1. The molecule has 0 aliphatic heterocycles. The van der Waals surface area contributed by atoms with Crippen LogP contribution in [-0.4, -0.2) is 18.4 Å². The maximum Gasteiger partial charge on any atom is 0.252 e. The van der Waals surface area contributed by atoms with Crippen LogP contribution in [0.25, 0.3) is 10.8 Å². The molecule has 0 unspecified atom stereocenters. The summed E-state index contributed by atoms with van der Waals surface area (Å²) in [6.45, 7) is 1.72. The van der Waals surface area contributed by atoms with Gasteiger partial charge in [-0.15, -0.1) is 0 Å². The summed E-state index contributed by atoms with van der Waals surface area (Å²) in [6.07, 6.45) is 0. The number of anilines is 1. The first-order valence-corrected chi connectivity index (χ1v) is 8.26. The Balaban J connectivity index is 1.62. The lowest BCUT2D eigenvalue weighted by atomic mass is 10.0. The summed E-state index contributed by atoms with van der Waals surface area (Å²) in [5.41, 5.74) is 2.19. The molecule has 0 spiro atoms. The Morgan fingerprint density at radius 2 is 1.65 bits per heavy atom. The molecule has 0 atom stereocenters. The standard InChI is InChI=1S/C22H18N2O2/c1-16(25)24-19-13-11-17(12-14-19)6-5-15-23-22(26)21-10-4-8-18-7-2-3-9-20(18)21/h2-4,7-14H,15H2,1H3,(H,23,26)(H,24,25). The fourth-order valence-electron chi connectivity index (χ4n) is 2.63. The summed E-state index contributed by atoms with van der Waals surface area (Å²) < 4.78 is 0. The van der Waals surface area contributed by atoms with Crippen LogP contribution in [0.1, 0.15) is 22.8 Å². The van der Waals surface area contributed by atoms with Crippen molar-refractivity contribution in [3.63, 3.8) is 0 Å². The quantitative estimate of drug-likeness (QED) is 0.715. The van der Waals surface area contributed by atoms with Gasteiger partial charge in [0.15, 0.2) is 0 Å². The van der Waals surface area contributed by atoms with E-state index >= 15 is 0 Å². The van der Waals surface area contributed by atoms with E-state index in [1.54, 1.807) is 12.1 Å². The zero-order chi connectivity index (χ0) is 18.4. The Morgan fingerprint density at radius 3 is 2.42 bits per heavy atom. The van der Waals surface area contributed by atoms with Crippen LogP contribution in [-0.2, 0) is 4.79 Å². The first kappa shape index (κ1) is 17.2. The van der Waals surface area contributed by atoms with Crippen LogP contribution in [0.5, 0.6) is 0 Å². The molecule has 26 heavy (non-hydrogen) atoms. The van der Waals surface area contributed by atoms with Crippen molar-refractivity contribution in [1.82, 2.24) is 5.32 Å². The van der Waals surface area contributed by atoms with E-state index in [1.165, 1.54) is 6.92 Å². The summed E-state index contributed by atoms with van der Waals surface area (Å²) >= 11 is 0. The van der Waals surface area contributed by atoms with Crippen molar-refractivity contribution in [1.29, 1.82) is 0 Å². The van der Waals surface area contributed by atoms with Gasteiger partial charge in [0, 0.05) is 23.7 Å². The normalized spacial score (nSPS) is 9.88. The second-order valence-electron chi connectivity index (χ2n) is 5.77. The molecule has 128 valence electrons. The van der Waals surface area contributed by atoms with Crippen LogP contribution < -0.4 is 10.6 Å². The molecule has 2 N–H and O–H groups in total. The number of benzene rings is 3. The van der Waals surface area contributed by atoms with E-state index in [0.717, 1.165) is 22.0 Å². The van der Waals surface area contributed by atoms with E-state index in [4.69, 9.17) is 0 Å². The molecule has 4 nitrogen and oxygen atoms in total. The second kappa shape index (κ2) is 8.00. The summed E-state index contributed by atoms with van der Waals surface area (Å²) in [6, 6.07) is 20.7. The molecule has 0 saturated carbocycles. The number of carbonyl (C=O) groups excluding carboxylic acids is 2. The van der Waals surface area contributed by atoms with E-state index in [9.17, 15) is 9.59 Å². The molecule has 3 aromatic carbocycles. The molecule has 0 bridgehead atoms. The molecular weight excluding hydrogens is 324 g/mol. The Hall–Kier alpha value is -3.58. The lowest BCUT2D eigenvalue weighted by Crippen LogP contribution is -2.23. The fraction of sp³-hybridized carbons (Fsp3) is 0.0909. The number of carbonyl (C=O) groups is 2. The summed E-state index contributed by atoms with van der Waals surface area (Å²) in [5.74, 6) is 5.68. The molecule has 3 aromatic rings. The largest absolute Gasteiger partial charge is 0.341 e. The molecule has 0 aliphatic rings. The monoisotopic (exact) mass is 342 g/mol. The van der Waals surface area contributed by atoms with E-state index in [-0.39, 0.29) is 18.4 Å². The maximum absolute atomic E-state index is 12.4. The number of fused-ring (bicyclic) bond motifs is 1. The van der Waals surface area contributed by atoms with Gasteiger partial charge < -0.3 is 10.6 Å². The van der Waals surface area contributed by atoms with Crippen molar-refractivity contribution in [3.05, 3.63) is 77.9 Å². The highest BCUT2D eigenvalue weighted by molar-refractivity contribution is 6.07. The van der Waals surface area contributed by atoms with E-state index in [0.29, 0.717) is 5.56 Å². The topological polar surface area (TPSA) is 58.2 Å². The lowest BCUT2D eigenvalue weighted by molar-refractivity contribution is -0.114. The van der Waals surface area contributed by atoms with E-state index < -0.39 is 0 Å². The van der Waals surface area contributed by atoms with Crippen LogP contribution in [0.15, 0.2) is 66.7 Å². The highest BCUT2D eigenvalue weighted by Gasteiger charge is 2.07. The summed E-state index contributed by atoms with van der Waals surface area (Å²) in [4.78, 5) is 23.4. The molecule has 4 heteroatoms. The highest BCUT2D eigenvalue weighted by Crippen LogP contribution is 2.18. The average molecular weight is 342 g/mol. The summed E-state index contributed by atoms with van der Waals surface area (Å²) in [7, 11) is 0. The minimum atomic E-state index is -0.142. The van der Waals surface area contributed by atoms with Gasteiger partial charge in [0.1, 0.15) is 0 Å². The molecule has 3 rings (SSSR count). The van der Waals surface area contributed by atoms with Gasteiger partial charge in [0.05, 0.1) is 6.54 Å². The zero-order valence-electron chi connectivity index (χ0n) is 14.4. The molecule has 2 amide bonds. The van der Waals surface area contributed by atoms with E-state index in [1.807, 2.05) is 54.6 Å². The maximum atomic E-state index is 12.4. The first-order chi connectivity index (χ1) is 12.6. The predicted octanol–water partition coefficient (Wildman–Crippen LogP) is 3.58. The number of hydrogen-bond acceptors (Lipinski definition) is 2. The first-order valence-electron chi connectivity index (χ1n) is 8.26. The van der Waals surface area contributed by atoms with Gasteiger partial charge in [-0.05, 0) is 41.1 Å². The Morgan fingerprint density at radius 1 is 0.923 bits per heavy atom. The molecule has 0 aromatic heterocycles. The van der Waals surface area contributed by atoms with Crippen molar-refractivity contribution in [2.75, 3.05) is 11.9 Å². The third-order valence-electron chi connectivity index (χ3n) is 3.81. The van der Waals surface area contributed by atoms with Crippen LogP contribution in [0.3, 0.4) is 0 Å². The van der Waals surface area contributed by atoms with Crippen molar-refractivity contribution in [2.45, 2.75) is 6.92 Å². The van der Waals surface area contributed by atoms with Crippen molar-refractivity contribution in [2.24, 2.45) is 0 Å². The number of rotatable bonds is 3. The van der Waals surface area contributed by atoms with E-state index in [2.05, 4.69) is 22.5 Å². The molecule has 0 heterocycles. The molecule has 0 aliphatic carbocycles. The second-order valence-corrected chi connectivity index (χ2v) is 5.77. The number of nitrogens with one attached hydrogen (secondary N) is 2. The Bertz CT molecular complexity index is 1010. The third-order valence-corrected chi connectivity index (χ3v) is 3.81. The lowest BCUT2D eigenvalue weighted by Gasteiger charge is -2.05. The summed E-state index contributed by atoms with van der Waals surface area (Å²) in [5, 5.41) is 7.49. The zero-order valence-corrected chi connectivity index (χ0v) is 14.4. The molecule has 0 fully saturated rings. The molecular formula is C22H18N2O2. The van der Waals surface area contributed by atoms with Crippen molar-refractivity contribution >= 4 is 28.3 Å². The molecule has 0 radical (unpaired) electrons. The van der Waals surface area contributed by atoms with Crippen molar-refractivity contribution in [3.8, 4) is 11.8 Å². The van der Waals surface area contributed by atoms with Gasteiger partial charge in [0.25, 0.3) is 5.91 Å². The average Bonchev–Trinajstić information content (AvgIpc) is 2.65. The minimum Gasteiger partial charge on any atom is -0.341 e. The molecule has 0 saturated heterocycles. The van der Waals surface area contributed by atoms with Gasteiger partial charge in [-0.1, -0.05) is 48.2 Å². The Labute approximate surface area is 152 Å². The third kappa shape index (κ3) is 4.28.